The molecule has 1 aliphatic carbocycles. The number of amides is 2. The molecule has 0 radical (unpaired) electrons. The molecule has 1 aromatic heterocycles. The Morgan fingerprint density at radius 1 is 1.00 bits per heavy atom. The van der Waals surface area contributed by atoms with Gasteiger partial charge in [-0.1, -0.05) is 58.2 Å². The second-order valence-corrected chi connectivity index (χ2v) is 11.1. The fourth-order valence-electron chi connectivity index (χ4n) is 5.37. The highest BCUT2D eigenvalue weighted by molar-refractivity contribution is 6.03. The van der Waals surface area contributed by atoms with Crippen LogP contribution in [0.5, 0.6) is 0 Å². The highest BCUT2D eigenvalue weighted by Gasteiger charge is 2.39. The highest BCUT2D eigenvalue weighted by Crippen LogP contribution is 2.34. The molecule has 1 aliphatic heterocycles. The second-order valence-electron chi connectivity index (χ2n) is 11.1. The van der Waals surface area contributed by atoms with Crippen LogP contribution in [0.1, 0.15) is 82.9 Å². The van der Waals surface area contributed by atoms with Crippen LogP contribution in [-0.4, -0.2) is 47.4 Å². The second kappa shape index (κ2) is 10.9. The fourth-order valence-corrected chi connectivity index (χ4v) is 5.37. The fraction of sp³-hybridized carbons (Fsp3) is 0.552. The van der Waals surface area contributed by atoms with Gasteiger partial charge >= 0.3 is 0 Å². The third kappa shape index (κ3) is 5.75. The van der Waals surface area contributed by atoms with Gasteiger partial charge in [0.15, 0.2) is 0 Å². The van der Waals surface area contributed by atoms with Crippen LogP contribution in [0.3, 0.4) is 0 Å². The van der Waals surface area contributed by atoms with Gasteiger partial charge in [-0.3, -0.25) is 19.5 Å². The lowest BCUT2D eigenvalue weighted by molar-refractivity contribution is -0.136. The predicted octanol–water partition coefficient (Wildman–Crippen LogP) is 5.00. The summed E-state index contributed by atoms with van der Waals surface area (Å²) in [5.41, 5.74) is 2.68. The number of aromatic nitrogens is 1. The van der Waals surface area contributed by atoms with Gasteiger partial charge in [-0.2, -0.15) is 0 Å². The van der Waals surface area contributed by atoms with E-state index in [1.807, 2.05) is 36.2 Å². The van der Waals surface area contributed by atoms with Crippen LogP contribution < -0.4 is 10.2 Å². The molecule has 2 amide bonds. The molecule has 6 heteroatoms. The van der Waals surface area contributed by atoms with Crippen molar-refractivity contribution >= 4 is 17.5 Å². The molecule has 1 unspecified atom stereocenters. The van der Waals surface area contributed by atoms with Gasteiger partial charge in [0.05, 0.1) is 6.04 Å². The first-order valence-electron chi connectivity index (χ1n) is 13.1. The van der Waals surface area contributed by atoms with E-state index in [-0.39, 0.29) is 29.3 Å². The molecule has 1 N–H and O–H groups in total. The maximum atomic E-state index is 14.2. The maximum Gasteiger partial charge on any atom is 0.250 e. The third-order valence-corrected chi connectivity index (χ3v) is 7.57. The van der Waals surface area contributed by atoms with Crippen LogP contribution in [0.25, 0.3) is 0 Å². The summed E-state index contributed by atoms with van der Waals surface area (Å²) in [6.07, 6.45) is 10.7. The smallest absolute Gasteiger partial charge is 0.250 e. The lowest BCUT2D eigenvalue weighted by atomic mass is 9.87. The molecule has 2 aromatic rings. The summed E-state index contributed by atoms with van der Waals surface area (Å²) in [4.78, 5) is 36.1. The topological polar surface area (TPSA) is 65.5 Å². The summed E-state index contributed by atoms with van der Waals surface area (Å²) in [5, 5.41) is 3.35. The Bertz CT molecular complexity index is 988. The molecule has 0 bridgehead atoms. The molecule has 1 saturated heterocycles. The van der Waals surface area contributed by atoms with Crippen molar-refractivity contribution in [1.29, 1.82) is 0 Å². The van der Waals surface area contributed by atoms with Crippen molar-refractivity contribution in [2.75, 3.05) is 18.5 Å². The lowest BCUT2D eigenvalue weighted by Gasteiger charge is -2.38. The molecule has 4 rings (SSSR count). The molecule has 1 aromatic carbocycles. The number of rotatable bonds is 6. The Kier molecular flexibility index (Phi) is 7.90. The first-order valence-corrected chi connectivity index (χ1v) is 13.1. The van der Waals surface area contributed by atoms with E-state index in [4.69, 9.17) is 0 Å². The Balaban J connectivity index is 1.77. The van der Waals surface area contributed by atoms with E-state index in [2.05, 4.69) is 43.2 Å². The number of benzene rings is 1. The summed E-state index contributed by atoms with van der Waals surface area (Å²) in [6, 6.07) is 11.1. The molecule has 35 heavy (non-hydrogen) atoms. The zero-order valence-electron chi connectivity index (χ0n) is 21.7. The Morgan fingerprint density at radius 2 is 1.71 bits per heavy atom. The number of carbonyl (C=O) groups is 2. The Labute approximate surface area is 210 Å². The molecule has 6 nitrogen and oxygen atoms in total. The molecule has 1 saturated carbocycles. The summed E-state index contributed by atoms with van der Waals surface area (Å²) in [7, 11) is 1.90. The Hall–Kier alpha value is -2.73. The average molecular weight is 477 g/mol. The minimum Gasteiger partial charge on any atom is -0.341 e. The standard InChI is InChI=1S/C29H40N4O2/c1-29(2,3)22-14-16-24(17-15-22)33(27(34)25-13-9-19-31-25)26(21-10-8-18-30-20-21)28(35)32(4)23-11-6-5-7-12-23/h8,10,14-18,20,23,25-26,31H,5-7,9,11-13,19H2,1-4H3/t25-,26?/m1/s1. The average Bonchev–Trinajstić information content (AvgIpc) is 3.42. The summed E-state index contributed by atoms with van der Waals surface area (Å²) < 4.78 is 0. The normalized spacial score (nSPS) is 19.8. The van der Waals surface area contributed by atoms with Crippen molar-refractivity contribution in [3.8, 4) is 0 Å². The summed E-state index contributed by atoms with van der Waals surface area (Å²) in [5.74, 6) is -0.0959. The van der Waals surface area contributed by atoms with E-state index >= 15 is 0 Å². The van der Waals surface area contributed by atoms with Gasteiger partial charge in [-0.05, 0) is 61.4 Å². The lowest BCUT2D eigenvalue weighted by Crippen LogP contribution is -2.52. The molecular weight excluding hydrogens is 436 g/mol. The van der Waals surface area contributed by atoms with Crippen LogP contribution in [0.2, 0.25) is 0 Å². The minimum absolute atomic E-state index is 0.000147. The molecule has 2 aliphatic rings. The van der Waals surface area contributed by atoms with Crippen LogP contribution in [-0.2, 0) is 15.0 Å². The van der Waals surface area contributed by atoms with E-state index in [0.717, 1.165) is 56.3 Å². The van der Waals surface area contributed by atoms with E-state index in [9.17, 15) is 9.59 Å². The number of pyridine rings is 1. The predicted molar refractivity (Wildman–Crippen MR) is 140 cm³/mol. The van der Waals surface area contributed by atoms with Gasteiger partial charge in [-0.15, -0.1) is 0 Å². The number of nitrogens with one attached hydrogen (secondary N) is 1. The van der Waals surface area contributed by atoms with Gasteiger partial charge in [0.1, 0.15) is 6.04 Å². The number of hydrogen-bond acceptors (Lipinski definition) is 4. The zero-order chi connectivity index (χ0) is 25.0. The van der Waals surface area contributed by atoms with Crippen molar-refractivity contribution in [2.24, 2.45) is 0 Å². The summed E-state index contributed by atoms with van der Waals surface area (Å²) in [6.45, 7) is 7.35. The van der Waals surface area contributed by atoms with E-state index < -0.39 is 6.04 Å². The van der Waals surface area contributed by atoms with Crippen molar-refractivity contribution < 1.29 is 9.59 Å². The zero-order valence-corrected chi connectivity index (χ0v) is 21.7. The quantitative estimate of drug-likeness (QED) is 0.637. The van der Waals surface area contributed by atoms with Crippen LogP contribution in [0.4, 0.5) is 5.69 Å². The van der Waals surface area contributed by atoms with Gasteiger partial charge < -0.3 is 10.2 Å². The molecule has 2 fully saturated rings. The van der Waals surface area contributed by atoms with E-state index in [1.54, 1.807) is 17.3 Å². The van der Waals surface area contributed by atoms with E-state index in [1.165, 1.54) is 12.0 Å². The third-order valence-electron chi connectivity index (χ3n) is 7.57. The number of hydrogen-bond donors (Lipinski definition) is 1. The van der Waals surface area contributed by atoms with Crippen LogP contribution in [0, 0.1) is 0 Å². The number of carbonyl (C=O) groups excluding carboxylic acids is 2. The molecular formula is C29H40N4O2. The number of nitrogens with zero attached hydrogens (tertiary/aromatic N) is 3. The molecule has 0 spiro atoms. The van der Waals surface area contributed by atoms with Gasteiger partial charge in [-0.25, -0.2) is 0 Å². The molecule has 2 heterocycles. The van der Waals surface area contributed by atoms with Crippen molar-refractivity contribution in [3.05, 3.63) is 59.9 Å². The number of likely N-dealkylation sites (N-methyl/N-ethyl adjacent to an activating group) is 1. The minimum atomic E-state index is -0.758. The maximum absolute atomic E-state index is 14.2. The molecule has 188 valence electrons. The first-order chi connectivity index (χ1) is 16.8. The van der Waals surface area contributed by atoms with Gasteiger partial charge in [0.2, 0.25) is 11.8 Å². The highest BCUT2D eigenvalue weighted by atomic mass is 16.2. The monoisotopic (exact) mass is 476 g/mol. The van der Waals surface area contributed by atoms with Gasteiger partial charge in [0.25, 0.3) is 0 Å². The number of anilines is 1. The SMILES string of the molecule is CN(C(=O)C(c1cccnc1)N(C(=O)[C@H]1CCCN1)c1ccc(C(C)(C)C)cc1)C1CCCCC1. The molecule has 2 atom stereocenters. The summed E-state index contributed by atoms with van der Waals surface area (Å²) >= 11 is 0. The Morgan fingerprint density at radius 3 is 2.29 bits per heavy atom. The van der Waals surface area contributed by atoms with Gasteiger partial charge in [0, 0.05) is 36.7 Å². The van der Waals surface area contributed by atoms with Crippen molar-refractivity contribution in [1.82, 2.24) is 15.2 Å². The van der Waals surface area contributed by atoms with Crippen molar-refractivity contribution in [3.63, 3.8) is 0 Å². The van der Waals surface area contributed by atoms with Crippen molar-refractivity contribution in [2.45, 2.75) is 89.3 Å². The van der Waals surface area contributed by atoms with E-state index in [0.29, 0.717) is 0 Å². The van der Waals surface area contributed by atoms with Crippen LogP contribution in [0.15, 0.2) is 48.8 Å². The van der Waals surface area contributed by atoms with Crippen LogP contribution >= 0.6 is 0 Å². The largest absolute Gasteiger partial charge is 0.341 e. The first kappa shape index (κ1) is 25.4.